The predicted molar refractivity (Wildman–Crippen MR) is 67.1 cm³/mol. The van der Waals surface area contributed by atoms with E-state index in [4.69, 9.17) is 5.11 Å². The van der Waals surface area contributed by atoms with Gasteiger partial charge in [0.1, 0.15) is 0 Å². The molecule has 0 aromatic rings. The Labute approximate surface area is 95.5 Å². The highest BCUT2D eigenvalue weighted by molar-refractivity contribution is 4.63. The van der Waals surface area contributed by atoms with Crippen LogP contribution in [0.5, 0.6) is 0 Å². The quantitative estimate of drug-likeness (QED) is 0.610. The Morgan fingerprint density at radius 1 is 1.13 bits per heavy atom. The van der Waals surface area contributed by atoms with Crippen molar-refractivity contribution in [3.63, 3.8) is 0 Å². The standard InChI is InChI=1S/C13H29NO/c1-12(8-7-11-15)14-10-6-5-9-13(2,3)4/h12,14-15H,5-11H2,1-4H3. The van der Waals surface area contributed by atoms with Crippen LogP contribution >= 0.6 is 0 Å². The largest absolute Gasteiger partial charge is 0.396 e. The van der Waals surface area contributed by atoms with Crippen LogP contribution in [-0.4, -0.2) is 24.3 Å². The monoisotopic (exact) mass is 215 g/mol. The fraction of sp³-hybridized carbons (Fsp3) is 1.00. The molecule has 0 amide bonds. The van der Waals surface area contributed by atoms with Gasteiger partial charge in [-0.25, -0.2) is 0 Å². The molecular weight excluding hydrogens is 186 g/mol. The maximum atomic E-state index is 8.69. The summed E-state index contributed by atoms with van der Waals surface area (Å²) >= 11 is 0. The first kappa shape index (κ1) is 14.9. The van der Waals surface area contributed by atoms with Crippen molar-refractivity contribution in [1.29, 1.82) is 0 Å². The zero-order valence-corrected chi connectivity index (χ0v) is 11.0. The Kier molecular flexibility index (Phi) is 8.07. The van der Waals surface area contributed by atoms with E-state index in [-0.39, 0.29) is 0 Å². The highest BCUT2D eigenvalue weighted by Gasteiger charge is 2.08. The highest BCUT2D eigenvalue weighted by Crippen LogP contribution is 2.21. The van der Waals surface area contributed by atoms with E-state index >= 15 is 0 Å². The van der Waals surface area contributed by atoms with Crippen LogP contribution in [0.1, 0.15) is 59.8 Å². The molecule has 15 heavy (non-hydrogen) atoms. The van der Waals surface area contributed by atoms with Gasteiger partial charge >= 0.3 is 0 Å². The van der Waals surface area contributed by atoms with Crippen LogP contribution in [0, 0.1) is 5.41 Å². The van der Waals surface area contributed by atoms with Crippen LogP contribution in [0.2, 0.25) is 0 Å². The molecule has 0 aliphatic heterocycles. The van der Waals surface area contributed by atoms with Crippen molar-refractivity contribution in [1.82, 2.24) is 5.32 Å². The van der Waals surface area contributed by atoms with Crippen LogP contribution in [0.25, 0.3) is 0 Å². The van der Waals surface area contributed by atoms with Gasteiger partial charge in [0, 0.05) is 12.6 Å². The van der Waals surface area contributed by atoms with E-state index in [1.165, 1.54) is 19.3 Å². The first-order valence-corrected chi connectivity index (χ1v) is 6.30. The second-order valence-corrected chi connectivity index (χ2v) is 5.74. The number of aliphatic hydroxyl groups excluding tert-OH is 1. The molecule has 0 saturated carbocycles. The number of aliphatic hydroxyl groups is 1. The minimum Gasteiger partial charge on any atom is -0.396 e. The minimum atomic E-state index is 0.316. The molecule has 0 heterocycles. The van der Waals surface area contributed by atoms with Crippen molar-refractivity contribution in [2.24, 2.45) is 5.41 Å². The fourth-order valence-electron chi connectivity index (χ4n) is 1.63. The first-order valence-electron chi connectivity index (χ1n) is 6.30. The molecule has 0 aromatic carbocycles. The molecule has 0 aliphatic rings. The smallest absolute Gasteiger partial charge is 0.0431 e. The van der Waals surface area contributed by atoms with Crippen molar-refractivity contribution < 1.29 is 5.11 Å². The van der Waals surface area contributed by atoms with Gasteiger partial charge in [0.2, 0.25) is 0 Å². The lowest BCUT2D eigenvalue weighted by Gasteiger charge is -2.18. The van der Waals surface area contributed by atoms with Crippen molar-refractivity contribution in [2.45, 2.75) is 65.8 Å². The molecule has 92 valence electrons. The molecule has 1 atom stereocenters. The fourth-order valence-corrected chi connectivity index (χ4v) is 1.63. The molecule has 1 unspecified atom stereocenters. The number of hydrogen-bond acceptors (Lipinski definition) is 2. The van der Waals surface area contributed by atoms with E-state index in [0.29, 0.717) is 18.1 Å². The van der Waals surface area contributed by atoms with E-state index in [2.05, 4.69) is 33.0 Å². The number of nitrogens with one attached hydrogen (secondary N) is 1. The average Bonchev–Trinajstić information content (AvgIpc) is 2.12. The van der Waals surface area contributed by atoms with Gasteiger partial charge in [0.05, 0.1) is 0 Å². The summed E-state index contributed by atoms with van der Waals surface area (Å²) in [7, 11) is 0. The zero-order valence-electron chi connectivity index (χ0n) is 11.0. The van der Waals surface area contributed by atoms with Crippen molar-refractivity contribution in [2.75, 3.05) is 13.2 Å². The molecule has 2 heteroatoms. The number of unbranched alkanes of at least 4 members (excludes halogenated alkanes) is 1. The lowest BCUT2D eigenvalue weighted by Crippen LogP contribution is -2.27. The van der Waals surface area contributed by atoms with Gasteiger partial charge < -0.3 is 10.4 Å². The van der Waals surface area contributed by atoms with Crippen molar-refractivity contribution in [3.8, 4) is 0 Å². The number of rotatable bonds is 8. The summed E-state index contributed by atoms with van der Waals surface area (Å²) in [5, 5.41) is 12.2. The summed E-state index contributed by atoms with van der Waals surface area (Å²) in [5.74, 6) is 0. The van der Waals surface area contributed by atoms with Crippen LogP contribution in [-0.2, 0) is 0 Å². The summed E-state index contributed by atoms with van der Waals surface area (Å²) in [4.78, 5) is 0. The Balaban J connectivity index is 3.23. The van der Waals surface area contributed by atoms with Gasteiger partial charge in [0.15, 0.2) is 0 Å². The van der Waals surface area contributed by atoms with E-state index < -0.39 is 0 Å². The highest BCUT2D eigenvalue weighted by atomic mass is 16.2. The van der Waals surface area contributed by atoms with Gasteiger partial charge in [-0.2, -0.15) is 0 Å². The van der Waals surface area contributed by atoms with Crippen molar-refractivity contribution >= 4 is 0 Å². The third-order valence-electron chi connectivity index (χ3n) is 2.64. The lowest BCUT2D eigenvalue weighted by atomic mass is 9.90. The van der Waals surface area contributed by atoms with Crippen molar-refractivity contribution in [3.05, 3.63) is 0 Å². The van der Waals surface area contributed by atoms with Crippen LogP contribution < -0.4 is 5.32 Å². The molecule has 0 fully saturated rings. The molecule has 0 aromatic heterocycles. The maximum Gasteiger partial charge on any atom is 0.0431 e. The molecule has 2 nitrogen and oxygen atoms in total. The zero-order chi connectivity index (χ0) is 11.7. The molecular formula is C13H29NO. The topological polar surface area (TPSA) is 32.3 Å². The molecule has 0 bridgehead atoms. The lowest BCUT2D eigenvalue weighted by molar-refractivity contribution is 0.276. The normalized spacial score (nSPS) is 14.2. The Bertz CT molecular complexity index is 140. The SMILES string of the molecule is CC(CCCO)NCCCCC(C)(C)C. The summed E-state index contributed by atoms with van der Waals surface area (Å²) in [5.41, 5.74) is 0.475. The third kappa shape index (κ3) is 11.8. The molecule has 0 aliphatic carbocycles. The summed E-state index contributed by atoms with van der Waals surface area (Å²) < 4.78 is 0. The van der Waals surface area contributed by atoms with Crippen LogP contribution in [0.4, 0.5) is 0 Å². The van der Waals surface area contributed by atoms with Gasteiger partial charge in [-0.3, -0.25) is 0 Å². The van der Waals surface area contributed by atoms with Gasteiger partial charge in [-0.05, 0) is 44.6 Å². The maximum absolute atomic E-state index is 8.69. The van der Waals surface area contributed by atoms with Gasteiger partial charge in [-0.15, -0.1) is 0 Å². The Morgan fingerprint density at radius 2 is 1.80 bits per heavy atom. The molecule has 0 spiro atoms. The minimum absolute atomic E-state index is 0.316. The van der Waals surface area contributed by atoms with Gasteiger partial charge in [-0.1, -0.05) is 27.2 Å². The third-order valence-corrected chi connectivity index (χ3v) is 2.64. The Morgan fingerprint density at radius 3 is 2.33 bits per heavy atom. The average molecular weight is 215 g/mol. The Hall–Kier alpha value is -0.0800. The van der Waals surface area contributed by atoms with Crippen LogP contribution in [0.15, 0.2) is 0 Å². The van der Waals surface area contributed by atoms with E-state index in [1.54, 1.807) is 0 Å². The first-order chi connectivity index (χ1) is 6.95. The van der Waals surface area contributed by atoms with Crippen LogP contribution in [0.3, 0.4) is 0 Å². The second kappa shape index (κ2) is 8.12. The number of hydrogen-bond donors (Lipinski definition) is 2. The predicted octanol–water partition coefficient (Wildman–Crippen LogP) is 2.95. The van der Waals surface area contributed by atoms with E-state index in [0.717, 1.165) is 19.4 Å². The molecule has 0 rings (SSSR count). The summed E-state index contributed by atoms with van der Waals surface area (Å²) in [6.07, 6.45) is 5.87. The van der Waals surface area contributed by atoms with Gasteiger partial charge in [0.25, 0.3) is 0 Å². The van der Waals surface area contributed by atoms with E-state index in [9.17, 15) is 0 Å². The summed E-state index contributed by atoms with van der Waals surface area (Å²) in [6.45, 7) is 10.5. The molecule has 0 radical (unpaired) electrons. The second-order valence-electron chi connectivity index (χ2n) is 5.74. The summed E-state index contributed by atoms with van der Waals surface area (Å²) in [6, 6.07) is 0.548. The molecule has 0 saturated heterocycles. The van der Waals surface area contributed by atoms with E-state index in [1.807, 2.05) is 0 Å². The molecule has 2 N–H and O–H groups in total.